The molecule has 0 unspecified atom stereocenters. The second kappa shape index (κ2) is 4.07. The molecule has 1 aromatic rings. The van der Waals surface area contributed by atoms with Crippen molar-refractivity contribution >= 4 is 0 Å². The molecule has 2 nitrogen and oxygen atoms in total. The lowest BCUT2D eigenvalue weighted by molar-refractivity contribution is -0.0507. The highest BCUT2D eigenvalue weighted by Crippen LogP contribution is 2.24. The molecular weight excluding hydrogens is 219 g/mol. The Morgan fingerprint density at radius 2 is 1.81 bits per heavy atom. The number of hydrogen-bond acceptors (Lipinski definition) is 2. The van der Waals surface area contributed by atoms with Crippen molar-refractivity contribution in [3.63, 3.8) is 0 Å². The third kappa shape index (κ3) is 1.92. The van der Waals surface area contributed by atoms with Gasteiger partial charge in [-0.3, -0.25) is 0 Å². The van der Waals surface area contributed by atoms with E-state index in [4.69, 9.17) is 4.74 Å². The number of hydrogen-bond donors (Lipinski definition) is 1. The van der Waals surface area contributed by atoms with Crippen LogP contribution in [0.3, 0.4) is 0 Å². The quantitative estimate of drug-likeness (QED) is 0.798. The summed E-state index contributed by atoms with van der Waals surface area (Å²) in [6, 6.07) is 1.46. The van der Waals surface area contributed by atoms with Crippen LogP contribution in [0.4, 0.5) is 13.2 Å². The lowest BCUT2D eigenvalue weighted by Crippen LogP contribution is -2.62. The van der Waals surface area contributed by atoms with Crippen molar-refractivity contribution in [3.05, 3.63) is 35.1 Å². The van der Waals surface area contributed by atoms with Crippen molar-refractivity contribution in [2.75, 3.05) is 20.2 Å². The van der Waals surface area contributed by atoms with Gasteiger partial charge in [0.15, 0.2) is 11.6 Å². The summed E-state index contributed by atoms with van der Waals surface area (Å²) in [7, 11) is 1.53. The van der Waals surface area contributed by atoms with Gasteiger partial charge in [-0.05, 0) is 11.6 Å². The van der Waals surface area contributed by atoms with E-state index in [0.717, 1.165) is 6.07 Å². The predicted octanol–water partition coefficient (Wildman–Crippen LogP) is 1.63. The first kappa shape index (κ1) is 11.4. The summed E-state index contributed by atoms with van der Waals surface area (Å²) in [5, 5.41) is 3.00. The Kier molecular flexibility index (Phi) is 2.90. The van der Waals surface area contributed by atoms with Crippen molar-refractivity contribution in [3.8, 4) is 0 Å². The maximum absolute atomic E-state index is 13.4. The molecule has 0 aliphatic carbocycles. The van der Waals surface area contributed by atoms with Gasteiger partial charge in [0, 0.05) is 32.7 Å². The minimum Gasteiger partial charge on any atom is -0.375 e. The maximum Gasteiger partial charge on any atom is 0.161 e. The molecule has 5 heteroatoms. The largest absolute Gasteiger partial charge is 0.375 e. The first-order valence-electron chi connectivity index (χ1n) is 4.96. The highest BCUT2D eigenvalue weighted by Gasteiger charge is 2.37. The fourth-order valence-corrected chi connectivity index (χ4v) is 1.79. The van der Waals surface area contributed by atoms with Gasteiger partial charge < -0.3 is 10.1 Å². The molecule has 0 bridgehead atoms. The minimum absolute atomic E-state index is 0.141. The van der Waals surface area contributed by atoms with E-state index in [0.29, 0.717) is 19.2 Å². The van der Waals surface area contributed by atoms with Gasteiger partial charge >= 0.3 is 0 Å². The Morgan fingerprint density at radius 3 is 2.31 bits per heavy atom. The molecule has 2 rings (SSSR count). The highest BCUT2D eigenvalue weighted by molar-refractivity contribution is 5.23. The average molecular weight is 231 g/mol. The molecule has 1 aliphatic rings. The first-order chi connectivity index (χ1) is 7.56. The summed E-state index contributed by atoms with van der Waals surface area (Å²) >= 11 is 0. The van der Waals surface area contributed by atoms with Crippen LogP contribution in [0.15, 0.2) is 12.1 Å². The van der Waals surface area contributed by atoms with E-state index in [1.807, 2.05) is 0 Å². The Balaban J connectivity index is 2.24. The summed E-state index contributed by atoms with van der Waals surface area (Å²) in [4.78, 5) is 0. The van der Waals surface area contributed by atoms with Gasteiger partial charge in [-0.15, -0.1) is 0 Å². The second-order valence-corrected chi connectivity index (χ2v) is 4.03. The van der Waals surface area contributed by atoms with Gasteiger partial charge in [-0.2, -0.15) is 0 Å². The van der Waals surface area contributed by atoms with Gasteiger partial charge in [0.05, 0.1) is 5.60 Å². The number of methoxy groups -OCH3 is 1. The van der Waals surface area contributed by atoms with Crippen LogP contribution in [-0.2, 0) is 11.2 Å². The van der Waals surface area contributed by atoms with Crippen molar-refractivity contribution < 1.29 is 17.9 Å². The Morgan fingerprint density at radius 1 is 1.19 bits per heavy atom. The maximum atomic E-state index is 13.4. The van der Waals surface area contributed by atoms with E-state index < -0.39 is 23.1 Å². The number of rotatable bonds is 3. The third-order valence-corrected chi connectivity index (χ3v) is 2.93. The normalized spacial score (nSPS) is 18.2. The van der Waals surface area contributed by atoms with Crippen LogP contribution in [0.2, 0.25) is 0 Å². The zero-order valence-electron chi connectivity index (χ0n) is 8.82. The SMILES string of the molecule is COC1(Cc2cc(F)c(F)cc2F)CNC1. The van der Waals surface area contributed by atoms with Crippen LogP contribution < -0.4 is 5.32 Å². The average Bonchev–Trinajstić information content (AvgIpc) is 2.19. The topological polar surface area (TPSA) is 21.3 Å². The van der Waals surface area contributed by atoms with Crippen LogP contribution in [0.5, 0.6) is 0 Å². The lowest BCUT2D eigenvalue weighted by Gasteiger charge is -2.41. The second-order valence-electron chi connectivity index (χ2n) is 4.03. The number of ether oxygens (including phenoxy) is 1. The lowest BCUT2D eigenvalue weighted by atomic mass is 9.88. The fourth-order valence-electron chi connectivity index (χ4n) is 1.79. The van der Waals surface area contributed by atoms with E-state index in [1.54, 1.807) is 0 Å². The summed E-state index contributed by atoms with van der Waals surface area (Å²) in [5.74, 6) is -2.93. The van der Waals surface area contributed by atoms with Gasteiger partial charge in [-0.1, -0.05) is 0 Å². The molecule has 1 saturated heterocycles. The molecule has 1 heterocycles. The summed E-state index contributed by atoms with van der Waals surface area (Å²) in [6.45, 7) is 1.17. The molecule has 0 spiro atoms. The summed E-state index contributed by atoms with van der Waals surface area (Å²) < 4.78 is 44.3. The van der Waals surface area contributed by atoms with E-state index >= 15 is 0 Å². The Bertz CT molecular complexity index is 399. The van der Waals surface area contributed by atoms with E-state index in [2.05, 4.69) is 5.32 Å². The van der Waals surface area contributed by atoms with Gasteiger partial charge in [0.1, 0.15) is 5.82 Å². The van der Waals surface area contributed by atoms with E-state index in [-0.39, 0.29) is 12.0 Å². The Labute approximate surface area is 91.4 Å². The van der Waals surface area contributed by atoms with E-state index in [1.165, 1.54) is 7.11 Å². The number of nitrogens with one attached hydrogen (secondary N) is 1. The monoisotopic (exact) mass is 231 g/mol. The first-order valence-corrected chi connectivity index (χ1v) is 4.96. The summed E-state index contributed by atoms with van der Waals surface area (Å²) in [6.07, 6.45) is 0.236. The molecule has 1 aromatic carbocycles. The number of benzene rings is 1. The van der Waals surface area contributed by atoms with Crippen molar-refractivity contribution in [1.29, 1.82) is 0 Å². The van der Waals surface area contributed by atoms with Crippen LogP contribution in [0.1, 0.15) is 5.56 Å². The highest BCUT2D eigenvalue weighted by atomic mass is 19.2. The zero-order chi connectivity index (χ0) is 11.8. The molecule has 0 saturated carbocycles. The smallest absolute Gasteiger partial charge is 0.161 e. The molecule has 0 atom stereocenters. The molecule has 1 fully saturated rings. The molecular formula is C11H12F3NO. The molecule has 0 amide bonds. The molecule has 1 N–H and O–H groups in total. The van der Waals surface area contributed by atoms with Crippen LogP contribution in [-0.4, -0.2) is 25.8 Å². The molecule has 88 valence electrons. The minimum atomic E-state index is -1.17. The van der Waals surface area contributed by atoms with Crippen molar-refractivity contribution in [1.82, 2.24) is 5.32 Å². The van der Waals surface area contributed by atoms with Gasteiger partial charge in [0.25, 0.3) is 0 Å². The van der Waals surface area contributed by atoms with Crippen LogP contribution in [0, 0.1) is 17.5 Å². The van der Waals surface area contributed by atoms with Crippen LogP contribution in [0.25, 0.3) is 0 Å². The molecule has 16 heavy (non-hydrogen) atoms. The zero-order valence-corrected chi connectivity index (χ0v) is 8.82. The Hall–Kier alpha value is -1.07. The predicted molar refractivity (Wildman–Crippen MR) is 52.6 cm³/mol. The number of halogens is 3. The van der Waals surface area contributed by atoms with Gasteiger partial charge in [0.2, 0.25) is 0 Å². The molecule has 0 radical (unpaired) electrons. The van der Waals surface area contributed by atoms with E-state index in [9.17, 15) is 13.2 Å². The summed E-state index contributed by atoms with van der Waals surface area (Å²) in [5.41, 5.74) is -0.354. The molecule has 0 aromatic heterocycles. The van der Waals surface area contributed by atoms with Gasteiger partial charge in [-0.25, -0.2) is 13.2 Å². The van der Waals surface area contributed by atoms with Crippen molar-refractivity contribution in [2.24, 2.45) is 0 Å². The fraction of sp³-hybridized carbons (Fsp3) is 0.455. The van der Waals surface area contributed by atoms with Crippen LogP contribution >= 0.6 is 0 Å². The third-order valence-electron chi connectivity index (χ3n) is 2.93. The standard InChI is InChI=1S/C11H12F3NO/c1-16-11(5-15-6-11)4-7-2-9(13)10(14)3-8(7)12/h2-3,15H,4-6H2,1H3. The van der Waals surface area contributed by atoms with Crippen molar-refractivity contribution in [2.45, 2.75) is 12.0 Å². The molecule has 1 aliphatic heterocycles.